The molecule has 0 N–H and O–H groups in total. The molecule has 104 valence electrons. The quantitative estimate of drug-likeness (QED) is 0.627. The minimum atomic E-state index is -0.192. The summed E-state index contributed by atoms with van der Waals surface area (Å²) in [5.74, 6) is -0.192. The Morgan fingerprint density at radius 1 is 1.14 bits per heavy atom. The van der Waals surface area contributed by atoms with Gasteiger partial charge in [-0.15, -0.1) is 0 Å². The van der Waals surface area contributed by atoms with Crippen LogP contribution in [-0.4, -0.2) is 16.8 Å². The maximum absolute atomic E-state index is 12.6. The van der Waals surface area contributed by atoms with Crippen LogP contribution in [0.5, 0.6) is 0 Å². The van der Waals surface area contributed by atoms with Crippen LogP contribution in [0, 0.1) is 0 Å². The Labute approximate surface area is 134 Å². The van der Waals surface area contributed by atoms with Crippen LogP contribution in [0.1, 0.15) is 20.7 Å². The molecule has 0 fully saturated rings. The molecule has 0 aliphatic carbocycles. The Morgan fingerprint density at radius 2 is 1.86 bits per heavy atom. The van der Waals surface area contributed by atoms with Crippen LogP contribution in [-0.2, 0) is 0 Å². The summed E-state index contributed by atoms with van der Waals surface area (Å²) < 4.78 is 2.08. The number of rotatable bonds is 2. The number of carbonyl (C=O) groups is 2. The molecule has 0 unspecified atom stereocenters. The molecule has 3 nitrogen and oxygen atoms in total. The van der Waals surface area contributed by atoms with Crippen molar-refractivity contribution in [3.05, 3.63) is 69.3 Å². The molecule has 0 atom stereocenters. The molecule has 0 aliphatic heterocycles. The number of hydrogen-bond donors (Lipinski definition) is 0. The Kier molecular flexibility index (Phi) is 3.66. The van der Waals surface area contributed by atoms with Crippen LogP contribution in [0.2, 0.25) is 5.02 Å². The fourth-order valence-corrected chi connectivity index (χ4v) is 2.99. The first-order chi connectivity index (χ1) is 10.1. The molecule has 0 amide bonds. The van der Waals surface area contributed by atoms with Crippen molar-refractivity contribution in [2.24, 2.45) is 0 Å². The van der Waals surface area contributed by atoms with Gasteiger partial charge in [-0.25, -0.2) is 0 Å². The van der Waals surface area contributed by atoms with E-state index in [9.17, 15) is 9.59 Å². The molecule has 0 spiro atoms. The average Bonchev–Trinajstić information content (AvgIpc) is 2.90. The summed E-state index contributed by atoms with van der Waals surface area (Å²) in [5, 5.41) is 1.14. The first-order valence-electron chi connectivity index (χ1n) is 6.17. The zero-order chi connectivity index (χ0) is 15.0. The third kappa shape index (κ3) is 2.30. The van der Waals surface area contributed by atoms with E-state index in [1.54, 1.807) is 36.4 Å². The molecule has 1 aromatic heterocycles. The predicted molar refractivity (Wildman–Crippen MR) is 86.2 cm³/mol. The number of halogens is 2. The van der Waals surface area contributed by atoms with Crippen molar-refractivity contribution in [2.75, 3.05) is 0 Å². The molecule has 3 aromatic rings. The topological polar surface area (TPSA) is 39.1 Å². The van der Waals surface area contributed by atoms with Crippen molar-refractivity contribution in [3.63, 3.8) is 0 Å². The molecule has 0 radical (unpaired) electrons. The van der Waals surface area contributed by atoms with Crippen LogP contribution in [0.3, 0.4) is 0 Å². The number of nitrogens with zero attached hydrogens (tertiary/aromatic N) is 1. The second-order valence-corrected chi connectivity index (χ2v) is 5.70. The molecule has 0 saturated heterocycles. The maximum Gasteiger partial charge on any atom is 0.262 e. The standard InChI is InChI=1S/C16H9BrClNO2/c17-15-12(18)6-7-13-14(15)11(9-20)8-19(13)16(21)10-4-2-1-3-5-10/h1-9H. The lowest BCUT2D eigenvalue weighted by Gasteiger charge is -2.05. The summed E-state index contributed by atoms with van der Waals surface area (Å²) in [6, 6.07) is 12.3. The van der Waals surface area contributed by atoms with Crippen LogP contribution < -0.4 is 0 Å². The first-order valence-corrected chi connectivity index (χ1v) is 7.34. The van der Waals surface area contributed by atoms with Gasteiger partial charge in [-0.2, -0.15) is 0 Å². The molecule has 0 aliphatic rings. The van der Waals surface area contributed by atoms with Crippen LogP contribution in [0.25, 0.3) is 10.9 Å². The second kappa shape index (κ2) is 5.47. The van der Waals surface area contributed by atoms with Crippen molar-refractivity contribution in [1.29, 1.82) is 0 Å². The molecular formula is C16H9BrClNO2. The van der Waals surface area contributed by atoms with Gasteiger partial charge in [0.2, 0.25) is 0 Å². The van der Waals surface area contributed by atoms with Gasteiger partial charge in [0.15, 0.2) is 6.29 Å². The highest BCUT2D eigenvalue weighted by Gasteiger charge is 2.17. The smallest absolute Gasteiger partial charge is 0.262 e. The molecule has 2 aromatic carbocycles. The van der Waals surface area contributed by atoms with E-state index in [0.29, 0.717) is 31.5 Å². The van der Waals surface area contributed by atoms with Crippen molar-refractivity contribution >= 4 is 50.6 Å². The van der Waals surface area contributed by atoms with Gasteiger partial charge in [-0.1, -0.05) is 29.8 Å². The lowest BCUT2D eigenvalue weighted by atomic mass is 10.2. The monoisotopic (exact) mass is 361 g/mol. The maximum atomic E-state index is 12.6. The summed E-state index contributed by atoms with van der Waals surface area (Å²) in [6.45, 7) is 0. The zero-order valence-corrected chi connectivity index (χ0v) is 13.1. The molecule has 0 saturated carbocycles. The van der Waals surface area contributed by atoms with E-state index in [1.165, 1.54) is 10.8 Å². The number of hydrogen-bond acceptors (Lipinski definition) is 2. The third-order valence-electron chi connectivity index (χ3n) is 3.26. The van der Waals surface area contributed by atoms with Gasteiger partial charge in [-0.05, 0) is 40.2 Å². The van der Waals surface area contributed by atoms with Crippen molar-refractivity contribution < 1.29 is 9.59 Å². The minimum absolute atomic E-state index is 0.192. The Morgan fingerprint density at radius 3 is 2.52 bits per heavy atom. The fourth-order valence-electron chi connectivity index (χ4n) is 2.27. The molecule has 5 heteroatoms. The van der Waals surface area contributed by atoms with E-state index in [4.69, 9.17) is 11.6 Å². The number of aromatic nitrogens is 1. The Bertz CT molecular complexity index is 856. The molecular weight excluding hydrogens is 354 g/mol. The number of benzene rings is 2. The molecule has 0 bridgehead atoms. The van der Waals surface area contributed by atoms with Crippen LogP contribution in [0.4, 0.5) is 0 Å². The largest absolute Gasteiger partial charge is 0.298 e. The van der Waals surface area contributed by atoms with E-state index < -0.39 is 0 Å². The SMILES string of the molecule is O=Cc1cn(C(=O)c2ccccc2)c2ccc(Cl)c(Br)c12. The molecule has 3 rings (SSSR count). The summed E-state index contributed by atoms with van der Waals surface area (Å²) in [5.41, 5.74) is 1.61. The van der Waals surface area contributed by atoms with E-state index in [1.807, 2.05) is 6.07 Å². The number of fused-ring (bicyclic) bond motifs is 1. The van der Waals surface area contributed by atoms with Gasteiger partial charge in [0, 0.05) is 27.2 Å². The van der Waals surface area contributed by atoms with Gasteiger partial charge in [0.1, 0.15) is 0 Å². The normalized spacial score (nSPS) is 10.8. The second-order valence-electron chi connectivity index (χ2n) is 4.50. The van der Waals surface area contributed by atoms with Crippen molar-refractivity contribution in [1.82, 2.24) is 4.57 Å². The summed E-state index contributed by atoms with van der Waals surface area (Å²) in [6.07, 6.45) is 2.26. The highest BCUT2D eigenvalue weighted by atomic mass is 79.9. The number of aldehydes is 1. The minimum Gasteiger partial charge on any atom is -0.298 e. The number of carbonyl (C=O) groups excluding carboxylic acids is 2. The molecule has 1 heterocycles. The van der Waals surface area contributed by atoms with Gasteiger partial charge in [0.05, 0.1) is 10.5 Å². The first kappa shape index (κ1) is 14.0. The average molecular weight is 363 g/mol. The van der Waals surface area contributed by atoms with Crippen LogP contribution in [0.15, 0.2) is 53.1 Å². The molecule has 21 heavy (non-hydrogen) atoms. The highest BCUT2D eigenvalue weighted by molar-refractivity contribution is 9.10. The third-order valence-corrected chi connectivity index (χ3v) is 4.62. The summed E-state index contributed by atoms with van der Waals surface area (Å²) in [7, 11) is 0. The van der Waals surface area contributed by atoms with Crippen LogP contribution >= 0.6 is 27.5 Å². The van der Waals surface area contributed by atoms with Gasteiger partial charge in [-0.3, -0.25) is 14.2 Å². The Hall–Kier alpha value is -1.91. The summed E-state index contributed by atoms with van der Waals surface area (Å²) >= 11 is 9.44. The van der Waals surface area contributed by atoms with E-state index in [-0.39, 0.29) is 5.91 Å². The fraction of sp³-hybridized carbons (Fsp3) is 0. The van der Waals surface area contributed by atoms with Gasteiger partial charge < -0.3 is 0 Å². The lowest BCUT2D eigenvalue weighted by molar-refractivity contribution is 0.0965. The van der Waals surface area contributed by atoms with E-state index in [2.05, 4.69) is 15.9 Å². The van der Waals surface area contributed by atoms with Crippen molar-refractivity contribution in [3.8, 4) is 0 Å². The predicted octanol–water partition coefficient (Wildman–Crippen LogP) is 4.56. The Balaban J connectivity index is 2.27. The summed E-state index contributed by atoms with van der Waals surface area (Å²) in [4.78, 5) is 23.9. The highest BCUT2D eigenvalue weighted by Crippen LogP contribution is 2.34. The van der Waals surface area contributed by atoms with Gasteiger partial charge >= 0.3 is 0 Å². The van der Waals surface area contributed by atoms with Crippen molar-refractivity contribution in [2.45, 2.75) is 0 Å². The van der Waals surface area contributed by atoms with E-state index in [0.717, 1.165) is 6.29 Å². The zero-order valence-electron chi connectivity index (χ0n) is 10.7. The lowest BCUT2D eigenvalue weighted by Crippen LogP contribution is -2.10. The van der Waals surface area contributed by atoms with Gasteiger partial charge in [0.25, 0.3) is 5.91 Å². The van der Waals surface area contributed by atoms with E-state index >= 15 is 0 Å².